The summed E-state index contributed by atoms with van der Waals surface area (Å²) in [6, 6.07) is 15.6. The van der Waals surface area contributed by atoms with Crippen molar-refractivity contribution in [2.24, 2.45) is 0 Å². The van der Waals surface area contributed by atoms with Crippen molar-refractivity contribution in [3.8, 4) is 5.75 Å². The Kier molecular flexibility index (Phi) is 3.89. The lowest BCUT2D eigenvalue weighted by Crippen LogP contribution is -2.31. The molecule has 0 aliphatic carbocycles. The molecule has 2 aromatic carbocycles. The summed E-state index contributed by atoms with van der Waals surface area (Å²) in [5.41, 5.74) is 2.79. The van der Waals surface area contributed by atoms with Crippen LogP contribution in [0.1, 0.15) is 18.5 Å². The van der Waals surface area contributed by atoms with Crippen LogP contribution >= 0.6 is 0 Å². The van der Waals surface area contributed by atoms with E-state index in [1.807, 2.05) is 37.3 Å². The fourth-order valence-electron chi connectivity index (χ4n) is 3.07. The molecule has 1 amide bonds. The predicted octanol–water partition coefficient (Wildman–Crippen LogP) is 2.91. The lowest BCUT2D eigenvalue weighted by atomic mass is 9.95. The van der Waals surface area contributed by atoms with Crippen LogP contribution in [0.25, 0.3) is 0 Å². The van der Waals surface area contributed by atoms with Gasteiger partial charge in [-0.15, -0.1) is 0 Å². The number of aromatic hydroxyl groups is 1. The van der Waals surface area contributed by atoms with E-state index in [0.717, 1.165) is 5.56 Å². The third-order valence-electron chi connectivity index (χ3n) is 4.28. The normalized spacial score (nSPS) is 16.0. The maximum Gasteiger partial charge on any atom is 0.255 e. The highest BCUT2D eigenvalue weighted by Crippen LogP contribution is 2.35. The number of rotatable bonds is 3. The summed E-state index contributed by atoms with van der Waals surface area (Å²) < 4.78 is 1.67. The highest BCUT2D eigenvalue weighted by molar-refractivity contribution is 6.06. The summed E-state index contributed by atoms with van der Waals surface area (Å²) in [6.07, 6.45) is 1.45. The first-order chi connectivity index (χ1) is 12.6. The summed E-state index contributed by atoms with van der Waals surface area (Å²) in [5.74, 6) is 0.509. The molecule has 3 N–H and O–H groups in total. The standard InChI is InChI=1S/C19H17N5O2/c1-12-16(18(26)23-14-5-3-2-4-6-14)17(13-7-9-15(25)10-8-13)24-19(22-12)20-11-21-24/h2-11,17,25H,1H3,(H,23,26)(H,20,21,22). The maximum absolute atomic E-state index is 13.0. The molecular weight excluding hydrogens is 330 g/mol. The number of nitrogens with one attached hydrogen (secondary N) is 2. The topological polar surface area (TPSA) is 92.1 Å². The second kappa shape index (κ2) is 6.36. The van der Waals surface area contributed by atoms with Crippen molar-refractivity contribution in [1.82, 2.24) is 14.8 Å². The predicted molar refractivity (Wildman–Crippen MR) is 97.7 cm³/mol. The number of aromatic nitrogens is 3. The van der Waals surface area contributed by atoms with Gasteiger partial charge in [-0.25, -0.2) is 4.68 Å². The smallest absolute Gasteiger partial charge is 0.255 e. The molecule has 2 heterocycles. The monoisotopic (exact) mass is 347 g/mol. The average Bonchev–Trinajstić information content (AvgIpc) is 3.10. The van der Waals surface area contributed by atoms with Crippen molar-refractivity contribution in [2.45, 2.75) is 13.0 Å². The first-order valence-corrected chi connectivity index (χ1v) is 8.16. The lowest BCUT2D eigenvalue weighted by Gasteiger charge is -2.28. The molecule has 0 saturated heterocycles. The Morgan fingerprint density at radius 1 is 1.15 bits per heavy atom. The van der Waals surface area contributed by atoms with Crippen LogP contribution in [0.5, 0.6) is 5.75 Å². The zero-order valence-corrected chi connectivity index (χ0v) is 14.0. The van der Waals surface area contributed by atoms with Crippen LogP contribution < -0.4 is 10.6 Å². The SMILES string of the molecule is CC1=C(C(=O)Nc2ccccc2)C(c2ccc(O)cc2)n2ncnc2N1. The molecule has 1 aromatic heterocycles. The van der Waals surface area contributed by atoms with Crippen LogP contribution in [0.15, 0.2) is 72.2 Å². The van der Waals surface area contributed by atoms with E-state index in [9.17, 15) is 9.90 Å². The van der Waals surface area contributed by atoms with E-state index in [2.05, 4.69) is 20.7 Å². The fraction of sp³-hybridized carbons (Fsp3) is 0.105. The largest absolute Gasteiger partial charge is 0.508 e. The molecule has 26 heavy (non-hydrogen) atoms. The van der Waals surface area contributed by atoms with Crippen molar-refractivity contribution < 1.29 is 9.90 Å². The number of nitrogens with zero attached hydrogens (tertiary/aromatic N) is 3. The van der Waals surface area contributed by atoms with Gasteiger partial charge in [-0.05, 0) is 36.8 Å². The Morgan fingerprint density at radius 2 is 1.88 bits per heavy atom. The van der Waals surface area contributed by atoms with Gasteiger partial charge in [-0.2, -0.15) is 10.1 Å². The van der Waals surface area contributed by atoms with Crippen LogP contribution in [-0.4, -0.2) is 25.8 Å². The van der Waals surface area contributed by atoms with Crippen molar-refractivity contribution in [3.05, 3.63) is 77.8 Å². The van der Waals surface area contributed by atoms with Crippen LogP contribution in [0, 0.1) is 0 Å². The number of hydrogen-bond acceptors (Lipinski definition) is 5. The van der Waals surface area contributed by atoms with Crippen LogP contribution in [0.2, 0.25) is 0 Å². The zero-order valence-electron chi connectivity index (χ0n) is 14.0. The minimum absolute atomic E-state index is 0.164. The van der Waals surface area contributed by atoms with E-state index in [1.54, 1.807) is 28.9 Å². The van der Waals surface area contributed by atoms with Gasteiger partial charge in [0.1, 0.15) is 18.1 Å². The van der Waals surface area contributed by atoms with Crippen molar-refractivity contribution in [2.75, 3.05) is 10.6 Å². The molecule has 7 nitrogen and oxygen atoms in total. The molecule has 0 saturated carbocycles. The van der Waals surface area contributed by atoms with Crippen LogP contribution in [-0.2, 0) is 4.79 Å². The zero-order chi connectivity index (χ0) is 18.1. The van der Waals surface area contributed by atoms with E-state index in [1.165, 1.54) is 6.33 Å². The molecular formula is C19H17N5O2. The van der Waals surface area contributed by atoms with Gasteiger partial charge >= 0.3 is 0 Å². The number of para-hydroxylation sites is 1. The summed E-state index contributed by atoms with van der Waals surface area (Å²) in [7, 11) is 0. The molecule has 7 heteroatoms. The highest BCUT2D eigenvalue weighted by Gasteiger charge is 2.33. The first kappa shape index (κ1) is 15.9. The molecule has 0 fully saturated rings. The van der Waals surface area contributed by atoms with Crippen molar-refractivity contribution >= 4 is 17.5 Å². The number of amides is 1. The summed E-state index contributed by atoms with van der Waals surface area (Å²) >= 11 is 0. The van der Waals surface area contributed by atoms with E-state index in [-0.39, 0.29) is 11.7 Å². The Balaban J connectivity index is 1.77. The minimum Gasteiger partial charge on any atom is -0.508 e. The number of allylic oxidation sites excluding steroid dienone is 1. The van der Waals surface area contributed by atoms with Gasteiger partial charge in [0.2, 0.25) is 5.95 Å². The van der Waals surface area contributed by atoms with Gasteiger partial charge in [-0.3, -0.25) is 4.79 Å². The maximum atomic E-state index is 13.0. The van der Waals surface area contributed by atoms with Gasteiger partial charge in [0.05, 0.1) is 5.57 Å². The molecule has 0 spiro atoms. The second-order valence-corrected chi connectivity index (χ2v) is 6.01. The number of anilines is 2. The first-order valence-electron chi connectivity index (χ1n) is 8.16. The van der Waals surface area contributed by atoms with Crippen LogP contribution in [0.4, 0.5) is 11.6 Å². The lowest BCUT2D eigenvalue weighted by molar-refractivity contribution is -0.113. The number of fused-ring (bicyclic) bond motifs is 1. The molecule has 1 atom stereocenters. The molecule has 4 rings (SSSR count). The highest BCUT2D eigenvalue weighted by atomic mass is 16.3. The number of carbonyl (C=O) groups is 1. The van der Waals surface area contributed by atoms with Crippen molar-refractivity contribution in [3.63, 3.8) is 0 Å². The van der Waals surface area contributed by atoms with E-state index >= 15 is 0 Å². The number of carbonyl (C=O) groups excluding carboxylic acids is 1. The summed E-state index contributed by atoms with van der Waals surface area (Å²) in [6.45, 7) is 1.84. The van der Waals surface area contributed by atoms with E-state index < -0.39 is 6.04 Å². The van der Waals surface area contributed by atoms with Gasteiger partial charge in [0.15, 0.2) is 0 Å². The van der Waals surface area contributed by atoms with Gasteiger partial charge in [0, 0.05) is 11.4 Å². The third-order valence-corrected chi connectivity index (χ3v) is 4.28. The Morgan fingerprint density at radius 3 is 2.62 bits per heavy atom. The number of benzene rings is 2. The van der Waals surface area contributed by atoms with Crippen molar-refractivity contribution in [1.29, 1.82) is 0 Å². The number of phenolic OH excluding ortho intramolecular Hbond substituents is 1. The quantitative estimate of drug-likeness (QED) is 0.677. The minimum atomic E-state index is -0.446. The van der Waals surface area contributed by atoms with Gasteiger partial charge < -0.3 is 15.7 Å². The molecule has 0 bridgehead atoms. The van der Waals surface area contributed by atoms with Crippen LogP contribution in [0.3, 0.4) is 0 Å². The summed E-state index contributed by atoms with van der Waals surface area (Å²) in [4.78, 5) is 17.2. The molecule has 130 valence electrons. The van der Waals surface area contributed by atoms with E-state index in [0.29, 0.717) is 22.9 Å². The average molecular weight is 347 g/mol. The summed E-state index contributed by atoms with van der Waals surface area (Å²) in [5, 5.41) is 19.9. The molecule has 1 unspecified atom stereocenters. The Labute approximate surface area is 150 Å². The van der Waals surface area contributed by atoms with E-state index in [4.69, 9.17) is 0 Å². The fourth-order valence-corrected chi connectivity index (χ4v) is 3.07. The number of phenols is 1. The molecule has 1 aliphatic rings. The molecule has 3 aromatic rings. The van der Waals surface area contributed by atoms with Gasteiger partial charge in [0.25, 0.3) is 5.91 Å². The molecule has 1 aliphatic heterocycles. The Hall–Kier alpha value is -3.61. The number of hydrogen-bond donors (Lipinski definition) is 3. The second-order valence-electron chi connectivity index (χ2n) is 6.01. The Bertz CT molecular complexity index is 977. The van der Waals surface area contributed by atoms with Gasteiger partial charge in [-0.1, -0.05) is 30.3 Å². The molecule has 0 radical (unpaired) electrons. The third kappa shape index (κ3) is 2.79.